The van der Waals surface area contributed by atoms with Crippen molar-refractivity contribution >= 4 is 0 Å². The Morgan fingerprint density at radius 3 is 1.11 bits per heavy atom. The van der Waals surface area contributed by atoms with Crippen molar-refractivity contribution in [3.05, 3.63) is 0 Å². The van der Waals surface area contributed by atoms with Gasteiger partial charge in [0, 0.05) is 0 Å². The molecule has 110 valence electrons. The number of hydrogen-bond acceptors (Lipinski definition) is 2. The fourth-order valence-electron chi connectivity index (χ4n) is 2.10. The first-order valence-electron chi connectivity index (χ1n) is 8.33. The molecule has 18 heavy (non-hydrogen) atoms. The summed E-state index contributed by atoms with van der Waals surface area (Å²) in [6, 6.07) is 0. The number of unbranched alkanes of at least 4 members (excludes halogenated alkanes) is 7. The smallest absolute Gasteiger partial charge is 0.00489 e. The summed E-state index contributed by atoms with van der Waals surface area (Å²) in [5.74, 6) is 0. The van der Waals surface area contributed by atoms with E-state index in [-0.39, 0.29) is 0 Å². The van der Waals surface area contributed by atoms with Crippen LogP contribution in [0.3, 0.4) is 0 Å². The maximum absolute atomic E-state index is 3.53. The van der Waals surface area contributed by atoms with Crippen molar-refractivity contribution in [1.82, 2.24) is 10.6 Å². The van der Waals surface area contributed by atoms with Gasteiger partial charge in [0.15, 0.2) is 0 Å². The van der Waals surface area contributed by atoms with Crippen LogP contribution in [0.1, 0.15) is 78.1 Å². The Kier molecular flexibility index (Phi) is 16.8. The summed E-state index contributed by atoms with van der Waals surface area (Å²) in [4.78, 5) is 0. The zero-order valence-corrected chi connectivity index (χ0v) is 12.9. The lowest BCUT2D eigenvalue weighted by Crippen LogP contribution is -2.17. The topological polar surface area (TPSA) is 24.1 Å². The molecule has 0 spiro atoms. The summed E-state index contributed by atoms with van der Waals surface area (Å²) in [6.07, 6.45) is 13.6. The van der Waals surface area contributed by atoms with E-state index in [1.165, 1.54) is 90.4 Å². The molecule has 0 fully saturated rings. The molecule has 0 saturated carbocycles. The molecule has 2 nitrogen and oxygen atoms in total. The first-order valence-corrected chi connectivity index (χ1v) is 8.33. The molecule has 0 atom stereocenters. The predicted molar refractivity (Wildman–Crippen MR) is 83.3 cm³/mol. The van der Waals surface area contributed by atoms with Crippen molar-refractivity contribution in [2.24, 2.45) is 0 Å². The molecule has 0 aliphatic heterocycles. The van der Waals surface area contributed by atoms with Crippen molar-refractivity contribution in [3.63, 3.8) is 0 Å². The molecule has 0 aromatic heterocycles. The minimum Gasteiger partial charge on any atom is -0.317 e. The summed E-state index contributed by atoms with van der Waals surface area (Å²) in [5.41, 5.74) is 0. The molecule has 0 aromatic rings. The molecule has 2 heteroatoms. The van der Waals surface area contributed by atoms with Gasteiger partial charge in [-0.1, -0.05) is 52.4 Å². The van der Waals surface area contributed by atoms with Gasteiger partial charge in [0.2, 0.25) is 0 Å². The fourth-order valence-corrected chi connectivity index (χ4v) is 2.10. The quantitative estimate of drug-likeness (QED) is 0.431. The highest BCUT2D eigenvalue weighted by Crippen LogP contribution is 1.98. The summed E-state index contributed by atoms with van der Waals surface area (Å²) in [5, 5.41) is 7.06. The van der Waals surface area contributed by atoms with Gasteiger partial charge >= 0.3 is 0 Å². The van der Waals surface area contributed by atoms with Crippen LogP contribution in [0.15, 0.2) is 0 Å². The third kappa shape index (κ3) is 15.9. The molecule has 0 aliphatic carbocycles. The Labute approximate surface area is 115 Å². The van der Waals surface area contributed by atoms with Crippen LogP contribution in [0.5, 0.6) is 0 Å². The van der Waals surface area contributed by atoms with E-state index < -0.39 is 0 Å². The molecule has 0 aromatic carbocycles. The second-order valence-corrected chi connectivity index (χ2v) is 5.33. The summed E-state index contributed by atoms with van der Waals surface area (Å²) in [6.45, 7) is 9.38. The van der Waals surface area contributed by atoms with Gasteiger partial charge in [-0.05, 0) is 51.9 Å². The van der Waals surface area contributed by atoms with Crippen LogP contribution in [0.4, 0.5) is 0 Å². The molecule has 0 rings (SSSR count). The van der Waals surface area contributed by atoms with Crippen LogP contribution >= 0.6 is 0 Å². The molecule has 0 heterocycles. The fraction of sp³-hybridized carbons (Fsp3) is 1.00. The average Bonchev–Trinajstić information content (AvgIpc) is 2.39. The van der Waals surface area contributed by atoms with Gasteiger partial charge in [-0.3, -0.25) is 0 Å². The highest BCUT2D eigenvalue weighted by molar-refractivity contribution is 4.52. The van der Waals surface area contributed by atoms with E-state index >= 15 is 0 Å². The number of nitrogens with one attached hydrogen (secondary N) is 2. The van der Waals surface area contributed by atoms with Gasteiger partial charge in [0.1, 0.15) is 0 Å². The van der Waals surface area contributed by atoms with Crippen LogP contribution in [0, 0.1) is 0 Å². The van der Waals surface area contributed by atoms with Crippen molar-refractivity contribution in [2.75, 3.05) is 26.2 Å². The van der Waals surface area contributed by atoms with Gasteiger partial charge < -0.3 is 10.6 Å². The SMILES string of the molecule is CCCCCNCCCCCCNCCCCC. The minimum atomic E-state index is 1.22. The van der Waals surface area contributed by atoms with Crippen LogP contribution in [0.2, 0.25) is 0 Å². The monoisotopic (exact) mass is 256 g/mol. The molecule has 0 unspecified atom stereocenters. The first-order chi connectivity index (χ1) is 8.91. The Hall–Kier alpha value is -0.0800. The lowest BCUT2D eigenvalue weighted by atomic mass is 10.2. The van der Waals surface area contributed by atoms with Crippen LogP contribution in [0.25, 0.3) is 0 Å². The zero-order chi connectivity index (χ0) is 13.3. The molecule has 0 saturated heterocycles. The summed E-state index contributed by atoms with van der Waals surface area (Å²) < 4.78 is 0. The first kappa shape index (κ1) is 17.9. The lowest BCUT2D eigenvalue weighted by molar-refractivity contribution is 0.544. The summed E-state index contributed by atoms with van der Waals surface area (Å²) >= 11 is 0. The van der Waals surface area contributed by atoms with E-state index in [9.17, 15) is 0 Å². The molecular weight excluding hydrogens is 220 g/mol. The van der Waals surface area contributed by atoms with E-state index in [1.807, 2.05) is 0 Å². The van der Waals surface area contributed by atoms with Gasteiger partial charge in [-0.25, -0.2) is 0 Å². The van der Waals surface area contributed by atoms with E-state index in [0.717, 1.165) is 0 Å². The van der Waals surface area contributed by atoms with Crippen molar-refractivity contribution in [3.8, 4) is 0 Å². The standard InChI is InChI=1S/C16H36N2/c1-3-5-9-13-17-15-11-7-8-12-16-18-14-10-6-4-2/h17-18H,3-16H2,1-2H3. The highest BCUT2D eigenvalue weighted by atomic mass is 14.8. The van der Waals surface area contributed by atoms with Crippen molar-refractivity contribution in [2.45, 2.75) is 78.1 Å². The molecule has 0 aliphatic rings. The highest BCUT2D eigenvalue weighted by Gasteiger charge is 1.92. The largest absolute Gasteiger partial charge is 0.317 e. The number of rotatable bonds is 15. The van der Waals surface area contributed by atoms with Gasteiger partial charge in [-0.2, -0.15) is 0 Å². The van der Waals surface area contributed by atoms with Gasteiger partial charge in [-0.15, -0.1) is 0 Å². The van der Waals surface area contributed by atoms with E-state index in [0.29, 0.717) is 0 Å². The van der Waals surface area contributed by atoms with Crippen molar-refractivity contribution < 1.29 is 0 Å². The average molecular weight is 256 g/mol. The summed E-state index contributed by atoms with van der Waals surface area (Å²) in [7, 11) is 0. The van der Waals surface area contributed by atoms with Gasteiger partial charge in [0.25, 0.3) is 0 Å². The molecule has 0 amide bonds. The van der Waals surface area contributed by atoms with E-state index in [2.05, 4.69) is 24.5 Å². The van der Waals surface area contributed by atoms with Crippen molar-refractivity contribution in [1.29, 1.82) is 0 Å². The zero-order valence-electron chi connectivity index (χ0n) is 12.9. The molecule has 0 bridgehead atoms. The van der Waals surface area contributed by atoms with E-state index in [1.54, 1.807) is 0 Å². The van der Waals surface area contributed by atoms with Crippen LogP contribution < -0.4 is 10.6 Å². The maximum Gasteiger partial charge on any atom is -0.00489 e. The van der Waals surface area contributed by atoms with Gasteiger partial charge in [0.05, 0.1) is 0 Å². The van der Waals surface area contributed by atoms with Crippen LogP contribution in [-0.2, 0) is 0 Å². The number of hydrogen-bond donors (Lipinski definition) is 2. The molecule has 2 N–H and O–H groups in total. The maximum atomic E-state index is 3.53. The second kappa shape index (κ2) is 16.9. The Morgan fingerprint density at radius 2 is 0.778 bits per heavy atom. The third-order valence-electron chi connectivity index (χ3n) is 3.37. The van der Waals surface area contributed by atoms with Crippen LogP contribution in [-0.4, -0.2) is 26.2 Å². The molecular formula is C16H36N2. The van der Waals surface area contributed by atoms with E-state index in [4.69, 9.17) is 0 Å². The second-order valence-electron chi connectivity index (χ2n) is 5.33. The lowest BCUT2D eigenvalue weighted by Gasteiger charge is -2.05. The Bertz CT molecular complexity index is 121. The molecule has 0 radical (unpaired) electrons. The third-order valence-corrected chi connectivity index (χ3v) is 3.37. The Morgan fingerprint density at radius 1 is 0.444 bits per heavy atom. The normalized spacial score (nSPS) is 11.0. The Balaban J connectivity index is 2.86. The minimum absolute atomic E-state index is 1.22. The predicted octanol–water partition coefficient (Wildman–Crippen LogP) is 4.11.